The van der Waals surface area contributed by atoms with E-state index in [2.05, 4.69) is 10.6 Å². The molecule has 2 aromatic rings. The van der Waals surface area contributed by atoms with Gasteiger partial charge in [0, 0.05) is 42.8 Å². The van der Waals surface area contributed by atoms with E-state index in [0.29, 0.717) is 18.8 Å². The van der Waals surface area contributed by atoms with Gasteiger partial charge in [0.05, 0.1) is 17.0 Å². The molecule has 9 heteroatoms. The van der Waals surface area contributed by atoms with Crippen molar-refractivity contribution in [2.45, 2.75) is 13.0 Å². The molecule has 0 bridgehead atoms. The van der Waals surface area contributed by atoms with Gasteiger partial charge < -0.3 is 15.5 Å². The van der Waals surface area contributed by atoms with Crippen LogP contribution in [0.15, 0.2) is 29.6 Å². The Balaban J connectivity index is 1.70. The molecule has 2 amide bonds. The third kappa shape index (κ3) is 3.67. The minimum absolute atomic E-state index is 0.0152. The summed E-state index contributed by atoms with van der Waals surface area (Å²) in [6.45, 7) is 1.26. The summed E-state index contributed by atoms with van der Waals surface area (Å²) in [5.41, 5.74) is 1.52. The maximum absolute atomic E-state index is 12.5. The van der Waals surface area contributed by atoms with Gasteiger partial charge in [-0.2, -0.15) is 0 Å². The van der Waals surface area contributed by atoms with Crippen LogP contribution in [0.4, 0.5) is 11.4 Å². The lowest BCUT2D eigenvalue weighted by molar-refractivity contribution is -0.384. The Bertz CT molecular complexity index is 864. The smallest absolute Gasteiger partial charge is 0.270 e. The SMILES string of the molecule is CNC(=O)c1cc([N+](=O)[O-])ccc1NCC(=O)N1CCc2sccc2C1. The molecule has 136 valence electrons. The van der Waals surface area contributed by atoms with Gasteiger partial charge in [-0.05, 0) is 29.5 Å². The molecule has 0 spiro atoms. The number of hydrogen-bond acceptors (Lipinski definition) is 6. The van der Waals surface area contributed by atoms with E-state index in [4.69, 9.17) is 0 Å². The molecule has 0 radical (unpaired) electrons. The van der Waals surface area contributed by atoms with Crippen LogP contribution in [0.1, 0.15) is 20.8 Å². The molecule has 0 unspecified atom stereocenters. The molecular formula is C17H18N4O4S. The van der Waals surface area contributed by atoms with Crippen LogP contribution in [0.2, 0.25) is 0 Å². The van der Waals surface area contributed by atoms with Gasteiger partial charge in [-0.25, -0.2) is 0 Å². The Morgan fingerprint density at radius 1 is 1.35 bits per heavy atom. The van der Waals surface area contributed by atoms with Gasteiger partial charge >= 0.3 is 0 Å². The first-order valence-corrected chi connectivity index (χ1v) is 8.95. The number of anilines is 1. The van der Waals surface area contributed by atoms with Crippen LogP contribution in [-0.2, 0) is 17.8 Å². The van der Waals surface area contributed by atoms with Crippen molar-refractivity contribution in [1.82, 2.24) is 10.2 Å². The molecule has 2 N–H and O–H groups in total. The van der Waals surface area contributed by atoms with Gasteiger partial charge in [0.25, 0.3) is 11.6 Å². The molecule has 1 aliphatic rings. The number of thiophene rings is 1. The third-order valence-electron chi connectivity index (χ3n) is 4.28. The van der Waals surface area contributed by atoms with E-state index in [1.807, 2.05) is 11.4 Å². The maximum Gasteiger partial charge on any atom is 0.270 e. The van der Waals surface area contributed by atoms with Crippen LogP contribution in [0.3, 0.4) is 0 Å². The Morgan fingerprint density at radius 3 is 2.88 bits per heavy atom. The second-order valence-electron chi connectivity index (χ2n) is 5.85. The minimum atomic E-state index is -0.562. The van der Waals surface area contributed by atoms with E-state index in [-0.39, 0.29) is 23.7 Å². The molecule has 1 aromatic heterocycles. The van der Waals surface area contributed by atoms with Crippen molar-refractivity contribution in [3.8, 4) is 0 Å². The molecule has 3 rings (SSSR count). The van der Waals surface area contributed by atoms with E-state index in [9.17, 15) is 19.7 Å². The first kappa shape index (κ1) is 17.9. The Morgan fingerprint density at radius 2 is 2.15 bits per heavy atom. The van der Waals surface area contributed by atoms with E-state index in [0.717, 1.165) is 6.42 Å². The fourth-order valence-corrected chi connectivity index (χ4v) is 3.76. The van der Waals surface area contributed by atoms with Crippen molar-refractivity contribution in [1.29, 1.82) is 0 Å². The van der Waals surface area contributed by atoms with Gasteiger partial charge in [0.1, 0.15) is 0 Å². The highest BCUT2D eigenvalue weighted by molar-refractivity contribution is 7.10. The first-order chi connectivity index (χ1) is 12.5. The second kappa shape index (κ2) is 7.52. The van der Waals surface area contributed by atoms with Gasteiger partial charge in [-0.15, -0.1) is 11.3 Å². The van der Waals surface area contributed by atoms with E-state index < -0.39 is 10.8 Å². The lowest BCUT2D eigenvalue weighted by Gasteiger charge is -2.27. The van der Waals surface area contributed by atoms with Crippen molar-refractivity contribution in [3.63, 3.8) is 0 Å². The van der Waals surface area contributed by atoms with Crippen LogP contribution in [0.5, 0.6) is 0 Å². The summed E-state index contributed by atoms with van der Waals surface area (Å²) in [4.78, 5) is 37.9. The number of nitro benzene ring substituents is 1. The van der Waals surface area contributed by atoms with Crippen LogP contribution >= 0.6 is 11.3 Å². The average Bonchev–Trinajstić information content (AvgIpc) is 3.12. The Kier molecular flexibility index (Phi) is 5.17. The molecule has 26 heavy (non-hydrogen) atoms. The van der Waals surface area contributed by atoms with Crippen molar-refractivity contribution >= 4 is 34.5 Å². The minimum Gasteiger partial charge on any atom is -0.375 e. The lowest BCUT2D eigenvalue weighted by atomic mass is 10.1. The number of nitrogens with zero attached hydrogens (tertiary/aromatic N) is 2. The van der Waals surface area contributed by atoms with E-state index in [1.54, 1.807) is 16.2 Å². The predicted octanol–water partition coefficient (Wildman–Crippen LogP) is 2.01. The molecule has 2 heterocycles. The molecule has 0 aliphatic carbocycles. The monoisotopic (exact) mass is 374 g/mol. The van der Waals surface area contributed by atoms with Crippen LogP contribution in [0, 0.1) is 10.1 Å². The van der Waals surface area contributed by atoms with Crippen molar-refractivity contribution in [3.05, 3.63) is 55.8 Å². The highest BCUT2D eigenvalue weighted by atomic mass is 32.1. The van der Waals surface area contributed by atoms with Crippen molar-refractivity contribution in [2.75, 3.05) is 25.5 Å². The number of nitrogens with one attached hydrogen (secondary N) is 2. The quantitative estimate of drug-likeness (QED) is 0.615. The predicted molar refractivity (Wildman–Crippen MR) is 98.4 cm³/mol. The normalized spacial score (nSPS) is 13.0. The zero-order valence-electron chi connectivity index (χ0n) is 14.2. The highest BCUT2D eigenvalue weighted by Gasteiger charge is 2.22. The molecule has 8 nitrogen and oxygen atoms in total. The van der Waals surface area contributed by atoms with Crippen molar-refractivity contribution < 1.29 is 14.5 Å². The summed E-state index contributed by atoms with van der Waals surface area (Å²) in [7, 11) is 1.45. The van der Waals surface area contributed by atoms with Gasteiger partial charge in [0.15, 0.2) is 0 Å². The third-order valence-corrected chi connectivity index (χ3v) is 5.30. The second-order valence-corrected chi connectivity index (χ2v) is 6.85. The zero-order chi connectivity index (χ0) is 18.7. The van der Waals surface area contributed by atoms with Gasteiger partial charge in [0.2, 0.25) is 5.91 Å². The van der Waals surface area contributed by atoms with Crippen LogP contribution in [-0.4, -0.2) is 41.8 Å². The highest BCUT2D eigenvalue weighted by Crippen LogP contribution is 2.25. The number of non-ortho nitro benzene ring substituents is 1. The number of nitro groups is 1. The number of fused-ring (bicyclic) bond motifs is 1. The number of hydrogen-bond donors (Lipinski definition) is 2. The largest absolute Gasteiger partial charge is 0.375 e. The summed E-state index contributed by atoms with van der Waals surface area (Å²) in [5.74, 6) is -0.535. The molecule has 0 atom stereocenters. The zero-order valence-corrected chi connectivity index (χ0v) is 15.0. The molecule has 0 saturated carbocycles. The molecule has 0 saturated heterocycles. The van der Waals surface area contributed by atoms with E-state index >= 15 is 0 Å². The Hall–Kier alpha value is -2.94. The maximum atomic E-state index is 12.5. The summed E-state index contributed by atoms with van der Waals surface area (Å²) in [6.07, 6.45) is 0.847. The standard InChI is InChI=1S/C17H18N4O4S/c1-18-17(23)13-8-12(21(24)25)2-3-14(13)19-9-16(22)20-6-4-15-11(10-20)5-7-26-15/h2-3,5,7-8,19H,4,6,9-10H2,1H3,(H,18,23). The van der Waals surface area contributed by atoms with Crippen molar-refractivity contribution in [2.24, 2.45) is 0 Å². The molecular weight excluding hydrogens is 356 g/mol. The number of carbonyl (C=O) groups excluding carboxylic acids is 2. The first-order valence-electron chi connectivity index (χ1n) is 8.07. The number of rotatable bonds is 5. The summed E-state index contributed by atoms with van der Waals surface area (Å²) in [5, 5.41) is 18.3. The fraction of sp³-hybridized carbons (Fsp3) is 0.294. The summed E-state index contributed by atoms with van der Waals surface area (Å²) in [6, 6.07) is 5.98. The lowest BCUT2D eigenvalue weighted by Crippen LogP contribution is -2.39. The Labute approximate surface area is 154 Å². The van der Waals surface area contributed by atoms with Crippen LogP contribution < -0.4 is 10.6 Å². The van der Waals surface area contributed by atoms with Gasteiger partial charge in [-0.1, -0.05) is 0 Å². The topological polar surface area (TPSA) is 105 Å². The number of amides is 2. The summed E-state index contributed by atoms with van der Waals surface area (Å²) >= 11 is 1.71. The molecule has 1 aliphatic heterocycles. The number of carbonyl (C=O) groups is 2. The molecule has 0 fully saturated rings. The average molecular weight is 374 g/mol. The number of benzene rings is 1. The summed E-state index contributed by atoms with van der Waals surface area (Å²) < 4.78 is 0. The fourth-order valence-electron chi connectivity index (χ4n) is 2.87. The van der Waals surface area contributed by atoms with E-state index in [1.165, 1.54) is 35.7 Å². The van der Waals surface area contributed by atoms with Gasteiger partial charge in [-0.3, -0.25) is 19.7 Å². The molecule has 1 aromatic carbocycles. The van der Waals surface area contributed by atoms with Crippen LogP contribution in [0.25, 0.3) is 0 Å².